The fourth-order valence-corrected chi connectivity index (χ4v) is 9.28. The molecule has 0 radical (unpaired) electrons. The smallest absolute Gasteiger partial charge is 0.220 e. The van der Waals surface area contributed by atoms with Crippen molar-refractivity contribution in [2.45, 2.75) is 326 Å². The third-order valence-corrected chi connectivity index (χ3v) is 13.7. The first kappa shape index (κ1) is 60.2. The lowest BCUT2D eigenvalue weighted by molar-refractivity contribution is -0.302. The topological polar surface area (TPSA) is 149 Å². The van der Waals surface area contributed by atoms with Crippen LogP contribution >= 0.6 is 0 Å². The van der Waals surface area contributed by atoms with Crippen LogP contribution < -0.4 is 5.32 Å². The average Bonchev–Trinajstić information content (AvgIpc) is 3.28. The van der Waals surface area contributed by atoms with Gasteiger partial charge in [-0.05, 0) is 12.8 Å². The van der Waals surface area contributed by atoms with Crippen molar-refractivity contribution < 1.29 is 39.8 Å². The van der Waals surface area contributed by atoms with Crippen LogP contribution in [0.25, 0.3) is 0 Å². The Morgan fingerprint density at radius 2 is 0.794 bits per heavy atom. The lowest BCUT2D eigenvalue weighted by atomic mass is 9.99. The van der Waals surface area contributed by atoms with E-state index < -0.39 is 49.5 Å². The van der Waals surface area contributed by atoms with Crippen molar-refractivity contribution in [3.63, 3.8) is 0 Å². The molecular weight excluding hydrogens is 791 g/mol. The van der Waals surface area contributed by atoms with Gasteiger partial charge >= 0.3 is 0 Å². The van der Waals surface area contributed by atoms with Crippen LogP contribution in [-0.4, -0.2) is 87.5 Å². The SMILES string of the molecule is CCCCCCCCCCCCCCCCCCCCCCCCCCCCCCCC(=O)NC(COC1OC(CO)C(O)C(O)C1O)C(O)CCCCCCCCCCCCC. The summed E-state index contributed by atoms with van der Waals surface area (Å²) in [4.78, 5) is 13.0. The normalized spacial score (nSPS) is 20.0. The van der Waals surface area contributed by atoms with Crippen LogP contribution in [0.1, 0.15) is 284 Å². The fourth-order valence-electron chi connectivity index (χ4n) is 9.28. The standard InChI is InChI=1S/C54H107NO8/c1-3-5-7-9-11-13-15-16-17-18-19-20-21-22-23-24-25-26-27-28-29-30-31-32-34-36-38-40-42-44-50(58)55-47(46-62-54-53(61)52(60)51(59)49(45-56)63-54)48(57)43-41-39-37-35-33-14-12-10-8-6-4-2/h47-49,51-54,56-57,59-61H,3-46H2,1-2H3,(H,55,58). The highest BCUT2D eigenvalue weighted by atomic mass is 16.7. The number of rotatable bonds is 48. The zero-order chi connectivity index (χ0) is 45.9. The second-order valence-corrected chi connectivity index (χ2v) is 19.7. The molecule has 0 bridgehead atoms. The lowest BCUT2D eigenvalue weighted by Gasteiger charge is -2.40. The van der Waals surface area contributed by atoms with E-state index >= 15 is 0 Å². The number of ether oxygens (including phenoxy) is 2. The van der Waals surface area contributed by atoms with E-state index in [-0.39, 0.29) is 12.5 Å². The third kappa shape index (κ3) is 35.1. The van der Waals surface area contributed by atoms with Gasteiger partial charge in [-0.2, -0.15) is 0 Å². The summed E-state index contributed by atoms with van der Waals surface area (Å²) < 4.78 is 11.3. The van der Waals surface area contributed by atoms with Crippen LogP contribution in [0.5, 0.6) is 0 Å². The Hall–Kier alpha value is -0.810. The molecule has 1 aliphatic heterocycles. The van der Waals surface area contributed by atoms with Gasteiger partial charge in [0.15, 0.2) is 6.29 Å². The minimum absolute atomic E-state index is 0.132. The highest BCUT2D eigenvalue weighted by molar-refractivity contribution is 5.76. The number of carbonyl (C=O) groups excluding carboxylic acids is 1. The van der Waals surface area contributed by atoms with Crippen molar-refractivity contribution in [3.8, 4) is 0 Å². The third-order valence-electron chi connectivity index (χ3n) is 13.7. The molecule has 63 heavy (non-hydrogen) atoms. The molecule has 0 aliphatic carbocycles. The molecule has 1 aliphatic rings. The number of hydrogen-bond acceptors (Lipinski definition) is 8. The number of aliphatic hydroxyl groups is 5. The quantitative estimate of drug-likeness (QED) is 0.0331. The molecule has 0 spiro atoms. The number of unbranched alkanes of at least 4 members (excludes halogenated alkanes) is 38. The summed E-state index contributed by atoms with van der Waals surface area (Å²) in [5.41, 5.74) is 0. The number of hydrogen-bond donors (Lipinski definition) is 6. The van der Waals surface area contributed by atoms with Crippen molar-refractivity contribution in [1.82, 2.24) is 5.32 Å². The minimum atomic E-state index is -1.55. The Morgan fingerprint density at radius 3 is 1.13 bits per heavy atom. The van der Waals surface area contributed by atoms with Crippen molar-refractivity contribution in [2.75, 3.05) is 13.2 Å². The van der Waals surface area contributed by atoms with E-state index in [9.17, 15) is 30.3 Å². The molecule has 0 aromatic rings. The summed E-state index contributed by atoms with van der Waals surface area (Å²) in [7, 11) is 0. The molecule has 0 aromatic heterocycles. The van der Waals surface area contributed by atoms with Crippen LogP contribution in [0, 0.1) is 0 Å². The molecule has 1 fully saturated rings. The minimum Gasteiger partial charge on any atom is -0.394 e. The van der Waals surface area contributed by atoms with Crippen molar-refractivity contribution in [2.24, 2.45) is 0 Å². The summed E-state index contributed by atoms with van der Waals surface area (Å²) in [6.45, 7) is 3.86. The number of carbonyl (C=O) groups is 1. The van der Waals surface area contributed by atoms with Gasteiger partial charge in [-0.1, -0.05) is 264 Å². The Kier molecular flexibility index (Phi) is 43.0. The highest BCUT2D eigenvalue weighted by Crippen LogP contribution is 2.23. The highest BCUT2D eigenvalue weighted by Gasteiger charge is 2.44. The van der Waals surface area contributed by atoms with Gasteiger partial charge in [0.25, 0.3) is 0 Å². The molecule has 6 N–H and O–H groups in total. The Bertz CT molecular complexity index is 955. The molecular formula is C54H107NO8. The maximum Gasteiger partial charge on any atom is 0.220 e. The molecule has 1 heterocycles. The average molecular weight is 898 g/mol. The first-order valence-electron chi connectivity index (χ1n) is 27.7. The maximum absolute atomic E-state index is 13.0. The second-order valence-electron chi connectivity index (χ2n) is 19.7. The predicted molar refractivity (Wildman–Crippen MR) is 263 cm³/mol. The largest absolute Gasteiger partial charge is 0.394 e. The Labute approximate surface area is 389 Å². The van der Waals surface area contributed by atoms with Gasteiger partial charge in [-0.25, -0.2) is 0 Å². The van der Waals surface area contributed by atoms with Crippen molar-refractivity contribution in [1.29, 1.82) is 0 Å². The molecule has 1 amide bonds. The first-order chi connectivity index (χ1) is 30.8. The zero-order valence-corrected chi connectivity index (χ0v) is 41.6. The molecule has 7 unspecified atom stereocenters. The van der Waals surface area contributed by atoms with E-state index in [2.05, 4.69) is 19.2 Å². The predicted octanol–water partition coefficient (Wildman–Crippen LogP) is 13.1. The van der Waals surface area contributed by atoms with Crippen LogP contribution in [0.2, 0.25) is 0 Å². The molecule has 0 saturated carbocycles. The Balaban J connectivity index is 2.10. The van der Waals surface area contributed by atoms with E-state index in [0.717, 1.165) is 38.5 Å². The summed E-state index contributed by atoms with van der Waals surface area (Å²) in [6, 6.07) is -0.711. The van der Waals surface area contributed by atoms with E-state index in [1.165, 1.54) is 218 Å². The lowest BCUT2D eigenvalue weighted by Crippen LogP contribution is -2.60. The van der Waals surface area contributed by atoms with E-state index in [0.29, 0.717) is 12.8 Å². The van der Waals surface area contributed by atoms with Gasteiger partial charge in [-0.15, -0.1) is 0 Å². The first-order valence-corrected chi connectivity index (χ1v) is 27.7. The van der Waals surface area contributed by atoms with Crippen molar-refractivity contribution >= 4 is 5.91 Å². The molecule has 1 saturated heterocycles. The molecule has 9 heteroatoms. The van der Waals surface area contributed by atoms with Gasteiger partial charge in [0.05, 0.1) is 25.4 Å². The van der Waals surface area contributed by atoms with Crippen LogP contribution in [0.3, 0.4) is 0 Å². The van der Waals surface area contributed by atoms with Gasteiger partial charge in [0.1, 0.15) is 24.4 Å². The summed E-state index contributed by atoms with van der Waals surface area (Å²) >= 11 is 0. The van der Waals surface area contributed by atoms with Gasteiger partial charge < -0.3 is 40.3 Å². The van der Waals surface area contributed by atoms with Gasteiger partial charge in [0.2, 0.25) is 5.91 Å². The molecule has 7 atom stereocenters. The second kappa shape index (κ2) is 45.0. The fraction of sp³-hybridized carbons (Fsp3) is 0.981. The molecule has 376 valence electrons. The number of nitrogens with one attached hydrogen (secondary N) is 1. The maximum atomic E-state index is 13.0. The monoisotopic (exact) mass is 898 g/mol. The number of amides is 1. The summed E-state index contributed by atoms with van der Waals surface area (Å²) in [6.07, 6.45) is 45.8. The van der Waals surface area contributed by atoms with E-state index in [1.807, 2.05) is 0 Å². The van der Waals surface area contributed by atoms with Gasteiger partial charge in [0, 0.05) is 6.42 Å². The molecule has 1 rings (SSSR count). The van der Waals surface area contributed by atoms with Gasteiger partial charge in [-0.3, -0.25) is 4.79 Å². The zero-order valence-electron chi connectivity index (χ0n) is 41.6. The molecule has 0 aromatic carbocycles. The van der Waals surface area contributed by atoms with Crippen LogP contribution in [0.4, 0.5) is 0 Å². The Morgan fingerprint density at radius 1 is 0.476 bits per heavy atom. The number of aliphatic hydroxyl groups excluding tert-OH is 5. The van der Waals surface area contributed by atoms with Crippen LogP contribution in [-0.2, 0) is 14.3 Å². The summed E-state index contributed by atoms with van der Waals surface area (Å²) in [5, 5.41) is 54.4. The van der Waals surface area contributed by atoms with Crippen molar-refractivity contribution in [3.05, 3.63) is 0 Å². The van der Waals surface area contributed by atoms with E-state index in [4.69, 9.17) is 9.47 Å². The van der Waals surface area contributed by atoms with Crippen LogP contribution in [0.15, 0.2) is 0 Å². The molecule has 9 nitrogen and oxygen atoms in total. The van der Waals surface area contributed by atoms with E-state index in [1.54, 1.807) is 0 Å². The summed E-state index contributed by atoms with van der Waals surface area (Å²) in [5.74, 6) is -0.139.